The molecule has 0 aromatic heterocycles. The number of aliphatic hydroxyl groups excluding tert-OH is 1. The molecule has 3 unspecified atom stereocenters. The number of carbonyl (C=O) groups excluding carboxylic acids is 1. The van der Waals surface area contributed by atoms with Gasteiger partial charge in [0.2, 0.25) is 17.2 Å². The van der Waals surface area contributed by atoms with E-state index in [2.05, 4.69) is 65.5 Å². The fourth-order valence-corrected chi connectivity index (χ4v) is 5.32. The van der Waals surface area contributed by atoms with Crippen LogP contribution in [-0.2, 0) is 16.1 Å². The maximum atomic E-state index is 11.9. The molecule has 1 aliphatic heterocycles. The third-order valence-corrected chi connectivity index (χ3v) is 7.32. The molecule has 1 amide bonds. The number of likely N-dealkylation sites (tertiary alicyclic amines) is 1. The third kappa shape index (κ3) is 7.36. The van der Waals surface area contributed by atoms with Crippen LogP contribution in [0, 0.1) is 18.3 Å². The zero-order chi connectivity index (χ0) is 24.5. The van der Waals surface area contributed by atoms with Gasteiger partial charge in [0.25, 0.3) is 0 Å². The molecule has 2 aromatic rings. The molecule has 1 aliphatic rings. The number of piperidine rings is 1. The lowest BCUT2D eigenvalue weighted by Crippen LogP contribution is -2.43. The maximum absolute atomic E-state index is 11.9. The largest absolute Gasteiger partial charge is 0.391 e. The van der Waals surface area contributed by atoms with Crippen LogP contribution in [0.25, 0.3) is 10.8 Å². The minimum absolute atomic E-state index is 0.0295. The number of rotatable bonds is 11. The number of hydrogen-bond donors (Lipinski definition) is 3. The summed E-state index contributed by atoms with van der Waals surface area (Å²) in [5, 5.41) is 15.4. The zero-order valence-electron chi connectivity index (χ0n) is 19.7. The van der Waals surface area contributed by atoms with Gasteiger partial charge < -0.3 is 10.4 Å². The molecule has 0 bridgehead atoms. The molecule has 0 aliphatic carbocycles. The summed E-state index contributed by atoms with van der Waals surface area (Å²) < 4.78 is 23.0. The first-order chi connectivity index (χ1) is 16.4. The average Bonchev–Trinajstić information content (AvgIpc) is 2.83. The van der Waals surface area contributed by atoms with Crippen molar-refractivity contribution in [1.29, 1.82) is 0 Å². The van der Waals surface area contributed by atoms with Gasteiger partial charge in [-0.05, 0) is 55.1 Å². The number of amides is 1. The number of benzene rings is 2. The van der Waals surface area contributed by atoms with Crippen molar-refractivity contribution in [1.82, 2.24) is 14.5 Å². The first-order valence-electron chi connectivity index (χ1n) is 11.8. The van der Waals surface area contributed by atoms with Gasteiger partial charge in [-0.25, -0.2) is 4.21 Å². The second-order valence-electron chi connectivity index (χ2n) is 8.96. The molecule has 0 radical (unpaired) electrons. The zero-order valence-corrected chi connectivity index (χ0v) is 20.5. The summed E-state index contributed by atoms with van der Waals surface area (Å²) in [6.07, 6.45) is 6.25. The van der Waals surface area contributed by atoms with Gasteiger partial charge in [-0.15, -0.1) is 12.3 Å². The van der Waals surface area contributed by atoms with Gasteiger partial charge in [-0.2, -0.15) is 4.31 Å². The molecule has 7 nitrogen and oxygen atoms in total. The molecule has 1 saturated heterocycles. The second-order valence-corrected chi connectivity index (χ2v) is 9.94. The van der Waals surface area contributed by atoms with Crippen LogP contribution in [0.15, 0.2) is 42.5 Å². The van der Waals surface area contributed by atoms with E-state index < -0.39 is 17.4 Å². The van der Waals surface area contributed by atoms with E-state index in [4.69, 9.17) is 6.42 Å². The Balaban J connectivity index is 1.51. The highest BCUT2D eigenvalue weighted by Gasteiger charge is 2.28. The Morgan fingerprint density at radius 1 is 1.26 bits per heavy atom. The van der Waals surface area contributed by atoms with Gasteiger partial charge in [0, 0.05) is 32.1 Å². The van der Waals surface area contributed by atoms with Crippen LogP contribution in [0.1, 0.15) is 44.2 Å². The van der Waals surface area contributed by atoms with Crippen molar-refractivity contribution in [2.45, 2.75) is 44.8 Å². The first-order valence-corrected chi connectivity index (χ1v) is 12.9. The van der Waals surface area contributed by atoms with Crippen LogP contribution in [0.2, 0.25) is 0 Å². The lowest BCUT2D eigenvalue weighted by atomic mass is 9.93. The Morgan fingerprint density at radius 2 is 1.97 bits per heavy atom. The minimum atomic E-state index is -2.21. The molecule has 1 fully saturated rings. The number of hydrogen-bond acceptors (Lipinski definition) is 4. The summed E-state index contributed by atoms with van der Waals surface area (Å²) in [5.74, 6) is 2.37. The Bertz CT molecular complexity index is 1010. The Morgan fingerprint density at radius 3 is 2.68 bits per heavy atom. The smallest absolute Gasteiger partial charge is 0.234 e. The van der Waals surface area contributed by atoms with Crippen molar-refractivity contribution in [2.75, 3.05) is 32.7 Å². The normalized spacial score (nSPS) is 17.9. The van der Waals surface area contributed by atoms with Crippen LogP contribution >= 0.6 is 0 Å². The van der Waals surface area contributed by atoms with E-state index in [0.717, 1.165) is 25.9 Å². The molecule has 184 valence electrons. The molecule has 0 saturated carbocycles. The Labute approximate surface area is 204 Å². The lowest BCUT2D eigenvalue weighted by Gasteiger charge is -2.37. The Hall–Kier alpha value is -2.28. The molecular formula is C26H35N3O4S. The molecular weight excluding hydrogens is 450 g/mol. The molecule has 1 heterocycles. The van der Waals surface area contributed by atoms with Gasteiger partial charge >= 0.3 is 0 Å². The lowest BCUT2D eigenvalue weighted by molar-refractivity contribution is -0.123. The van der Waals surface area contributed by atoms with E-state index >= 15 is 0 Å². The van der Waals surface area contributed by atoms with Gasteiger partial charge in [0.15, 0.2) is 0 Å². The SMILES string of the molecule is C#CCCNC(=O)CC(O)CN(CC1CCN(C(C)c2cccc3ccccc23)CC1)S(=O)O. The predicted molar refractivity (Wildman–Crippen MR) is 136 cm³/mol. The monoisotopic (exact) mass is 485 g/mol. The first kappa shape index (κ1) is 26.3. The van der Waals surface area contributed by atoms with Crippen molar-refractivity contribution in [3.05, 3.63) is 48.0 Å². The minimum Gasteiger partial charge on any atom is -0.391 e. The van der Waals surface area contributed by atoms with Crippen molar-refractivity contribution >= 4 is 27.9 Å². The van der Waals surface area contributed by atoms with Crippen LogP contribution in [0.4, 0.5) is 0 Å². The summed E-state index contributed by atoms with van der Waals surface area (Å²) in [6.45, 7) is 4.78. The summed E-state index contributed by atoms with van der Waals surface area (Å²) in [5.41, 5.74) is 1.32. The van der Waals surface area contributed by atoms with Crippen LogP contribution in [0.3, 0.4) is 0 Å². The van der Waals surface area contributed by atoms with Crippen LogP contribution in [0.5, 0.6) is 0 Å². The molecule has 3 N–H and O–H groups in total. The highest BCUT2D eigenvalue weighted by atomic mass is 32.2. The predicted octanol–water partition coefficient (Wildman–Crippen LogP) is 2.94. The fourth-order valence-electron chi connectivity index (χ4n) is 4.68. The number of aliphatic hydroxyl groups is 1. The van der Waals surface area contributed by atoms with E-state index in [1.165, 1.54) is 20.6 Å². The van der Waals surface area contributed by atoms with E-state index in [-0.39, 0.29) is 30.8 Å². The molecule has 3 atom stereocenters. The van der Waals surface area contributed by atoms with E-state index in [9.17, 15) is 18.7 Å². The quantitative estimate of drug-likeness (QED) is 0.259. The number of carbonyl (C=O) groups is 1. The van der Waals surface area contributed by atoms with Crippen molar-refractivity contribution in [3.63, 3.8) is 0 Å². The van der Waals surface area contributed by atoms with Gasteiger partial charge in [-0.1, -0.05) is 42.5 Å². The molecule has 34 heavy (non-hydrogen) atoms. The van der Waals surface area contributed by atoms with Gasteiger partial charge in [-0.3, -0.25) is 14.2 Å². The van der Waals surface area contributed by atoms with Crippen molar-refractivity contribution < 1.29 is 18.7 Å². The molecule has 2 aromatic carbocycles. The highest BCUT2D eigenvalue weighted by Crippen LogP contribution is 2.31. The maximum Gasteiger partial charge on any atom is 0.234 e. The van der Waals surface area contributed by atoms with Crippen LogP contribution < -0.4 is 5.32 Å². The summed E-state index contributed by atoms with van der Waals surface area (Å²) in [7, 11) is 0. The molecule has 3 rings (SSSR count). The summed E-state index contributed by atoms with van der Waals surface area (Å²) in [6, 6.07) is 15.2. The Kier molecular flexibility index (Phi) is 10.1. The van der Waals surface area contributed by atoms with E-state index in [1.807, 2.05) is 0 Å². The topological polar surface area (TPSA) is 93.1 Å². The fraction of sp³-hybridized carbons (Fsp3) is 0.500. The van der Waals surface area contributed by atoms with Crippen LogP contribution in [-0.4, -0.2) is 67.8 Å². The summed E-state index contributed by atoms with van der Waals surface area (Å²) >= 11 is -2.21. The molecule has 8 heteroatoms. The number of fused-ring (bicyclic) bond motifs is 1. The van der Waals surface area contributed by atoms with Gasteiger partial charge in [0.1, 0.15) is 0 Å². The number of terminal acetylenes is 1. The van der Waals surface area contributed by atoms with E-state index in [0.29, 0.717) is 19.5 Å². The second kappa shape index (κ2) is 13.0. The van der Waals surface area contributed by atoms with Gasteiger partial charge in [0.05, 0.1) is 12.5 Å². The van der Waals surface area contributed by atoms with E-state index in [1.54, 1.807) is 0 Å². The standard InChI is InChI=1S/C26H35N3O4S/c1-3-4-14-27-26(31)17-23(30)19-29(34(32)33)18-21-12-15-28(16-13-21)20(2)24-11-7-9-22-8-5-6-10-25(22)24/h1,5-11,20-21,23,30H,4,12-19H2,2H3,(H,27,31)(H,32,33). The highest BCUT2D eigenvalue weighted by molar-refractivity contribution is 7.76. The van der Waals surface area contributed by atoms with Crippen molar-refractivity contribution in [2.24, 2.45) is 5.92 Å². The average molecular weight is 486 g/mol. The summed E-state index contributed by atoms with van der Waals surface area (Å²) in [4.78, 5) is 14.3. The number of nitrogens with one attached hydrogen (secondary N) is 1. The third-order valence-electron chi connectivity index (χ3n) is 6.58. The molecule has 0 spiro atoms. The van der Waals surface area contributed by atoms with Crippen molar-refractivity contribution in [3.8, 4) is 12.3 Å². The number of nitrogens with zero attached hydrogens (tertiary/aromatic N) is 2.